The fourth-order valence-electron chi connectivity index (χ4n) is 7.25. The number of rotatable bonds is 30. The van der Waals surface area contributed by atoms with E-state index in [1.807, 2.05) is 48.5 Å². The summed E-state index contributed by atoms with van der Waals surface area (Å²) in [5.41, 5.74) is 20.9. The molecule has 0 aliphatic heterocycles. The maximum absolute atomic E-state index is 13.0. The lowest BCUT2D eigenvalue weighted by Crippen LogP contribution is -2.50. The molecular weight excluding hydrogens is 912 g/mol. The van der Waals surface area contributed by atoms with E-state index in [0.717, 1.165) is 35.1 Å². The van der Waals surface area contributed by atoms with Gasteiger partial charge < -0.3 is 83.8 Å². The van der Waals surface area contributed by atoms with Gasteiger partial charge in [-0.2, -0.15) is 0 Å². The Bertz CT molecular complexity index is 1970. The van der Waals surface area contributed by atoms with Crippen molar-refractivity contribution in [3.05, 3.63) is 70.5 Å². The zero-order valence-corrected chi connectivity index (χ0v) is 38.5. The second kappa shape index (κ2) is 29.4. The lowest BCUT2D eigenvalue weighted by Gasteiger charge is -2.29. The average Bonchev–Trinajstić information content (AvgIpc) is 3.33. The Hall–Kier alpha value is -4.66. The van der Waals surface area contributed by atoms with Gasteiger partial charge in [0.25, 0.3) is 5.91 Å². The third-order valence-electron chi connectivity index (χ3n) is 11.6. The van der Waals surface area contributed by atoms with Gasteiger partial charge in [-0.05, 0) is 79.5 Å². The molecule has 3 aromatic rings. The van der Waals surface area contributed by atoms with Gasteiger partial charge in [-0.1, -0.05) is 73.0 Å². The molecule has 0 saturated carbocycles. The first-order valence-electron chi connectivity index (χ1n) is 22.4. The third-order valence-corrected chi connectivity index (χ3v) is 11.8. The van der Waals surface area contributed by atoms with Crippen molar-refractivity contribution in [1.29, 1.82) is 0 Å². The van der Waals surface area contributed by atoms with Crippen molar-refractivity contribution in [2.24, 2.45) is 16.6 Å². The molecule has 0 radical (unpaired) electrons. The van der Waals surface area contributed by atoms with E-state index in [1.54, 1.807) is 0 Å². The average molecular weight is 982 g/mol. The van der Waals surface area contributed by atoms with Gasteiger partial charge >= 0.3 is 0 Å². The number of anilines is 2. The molecule has 10 atom stereocenters. The van der Waals surface area contributed by atoms with E-state index >= 15 is 0 Å². The quantitative estimate of drug-likeness (QED) is 0.0188. The number of benzene rings is 2. The summed E-state index contributed by atoms with van der Waals surface area (Å²) in [4.78, 5) is 37.2. The Morgan fingerprint density at radius 1 is 0.603 bits per heavy atom. The Kier molecular flexibility index (Phi) is 24.9. The van der Waals surface area contributed by atoms with Crippen LogP contribution in [0.15, 0.2) is 53.5 Å². The fourth-order valence-corrected chi connectivity index (χ4v) is 7.37. The topological polar surface area (TPSA) is 417 Å². The number of unbranched alkanes of at least 4 members (excludes halogenated alkanes) is 1. The molecule has 0 fully saturated rings. The minimum atomic E-state index is -1.94. The number of aryl methyl sites for hydroxylation is 2. The van der Waals surface area contributed by atoms with Gasteiger partial charge in [0.05, 0.1) is 25.4 Å². The maximum Gasteiger partial charge on any atom is 0.280 e. The van der Waals surface area contributed by atoms with Crippen LogP contribution in [-0.2, 0) is 17.6 Å². The highest BCUT2D eigenvalue weighted by Gasteiger charge is 2.35. The van der Waals surface area contributed by atoms with Crippen molar-refractivity contribution in [3.63, 3.8) is 0 Å². The highest BCUT2D eigenvalue weighted by molar-refractivity contribution is 6.31. The summed E-state index contributed by atoms with van der Waals surface area (Å²) >= 11 is 5.83. The van der Waals surface area contributed by atoms with E-state index in [2.05, 4.69) is 25.6 Å². The van der Waals surface area contributed by atoms with E-state index in [4.69, 9.17) is 39.0 Å². The van der Waals surface area contributed by atoms with Crippen LogP contribution in [0.5, 0.6) is 0 Å². The molecule has 0 bridgehead atoms. The van der Waals surface area contributed by atoms with Crippen molar-refractivity contribution in [2.75, 3.05) is 37.8 Å². The fraction of sp³-hybridized carbons (Fsp3) is 0.578. The molecular formula is C45H69ClN8O14. The smallest absolute Gasteiger partial charge is 0.280 e. The predicted octanol–water partition coefficient (Wildman–Crippen LogP) is -2.37. The van der Waals surface area contributed by atoms with E-state index in [1.165, 1.54) is 0 Å². The number of guanidine groups is 1. The molecule has 0 aliphatic carbocycles. The number of nitrogens with two attached hydrogens (primary N) is 3. The molecule has 2 amide bonds. The second-order valence-corrected chi connectivity index (χ2v) is 17.2. The number of hydrogen-bond donors (Lipinski definition) is 17. The van der Waals surface area contributed by atoms with Crippen LogP contribution in [0.3, 0.4) is 0 Å². The Labute approximate surface area is 399 Å². The van der Waals surface area contributed by atoms with Crippen LogP contribution in [0.1, 0.15) is 79.4 Å². The number of aliphatic imine (C=N–C) groups is 1. The summed E-state index contributed by atoms with van der Waals surface area (Å²) in [5, 5.41) is 124. The number of nitrogens with zero attached hydrogens (tertiary/aromatic N) is 3. The van der Waals surface area contributed by atoms with Crippen LogP contribution in [0, 0.1) is 5.92 Å². The highest BCUT2D eigenvalue weighted by Crippen LogP contribution is 2.24. The van der Waals surface area contributed by atoms with Gasteiger partial charge in [0.15, 0.2) is 28.4 Å². The molecule has 22 nitrogen and oxygen atoms in total. The first-order chi connectivity index (χ1) is 32.3. The summed E-state index contributed by atoms with van der Waals surface area (Å²) in [6.07, 6.45) is -13.7. The minimum absolute atomic E-state index is 0.0424. The molecule has 0 aliphatic rings. The van der Waals surface area contributed by atoms with Crippen molar-refractivity contribution < 1.29 is 70.9 Å². The molecule has 380 valence electrons. The van der Waals surface area contributed by atoms with Gasteiger partial charge in [-0.25, -0.2) is 9.97 Å². The monoisotopic (exact) mass is 980 g/mol. The van der Waals surface area contributed by atoms with Crippen molar-refractivity contribution >= 4 is 41.0 Å². The summed E-state index contributed by atoms with van der Waals surface area (Å²) in [6, 6.07) is 16.0. The molecule has 2 aromatic carbocycles. The number of amides is 2. The number of nitrogen functional groups attached to an aromatic ring is 2. The molecule has 0 spiro atoms. The number of aliphatic hydroxyl groups is 12. The zero-order valence-electron chi connectivity index (χ0n) is 37.7. The standard InChI is InChI=1S/C45H69ClN8O14/c46-41-43(48)53-42(47)34(52-41)44(68)54-45(49)50-20-2-1-5-24-10-15-27(16-11-24)28-17-12-25(13-18-28)14-19-33(61)51-21-26(6-3-8-29(57)35(62)39(66)37(64)31(59)22-55)7-4-9-30(58)36(63)40(67)38(65)32(60)23-56/h10-13,15-18,26,29-32,35-40,55-60,62-67H,1-9,14,19-23H2,(H,51,61)(H4,47,48,53)(H3,49,50,54,68). The molecule has 3 rings (SSSR count). The number of carbonyl (C=O) groups is 2. The number of halogens is 1. The summed E-state index contributed by atoms with van der Waals surface area (Å²) < 4.78 is 0. The van der Waals surface area contributed by atoms with E-state index in [-0.39, 0.29) is 78.9 Å². The van der Waals surface area contributed by atoms with Crippen LogP contribution in [0.4, 0.5) is 11.6 Å². The van der Waals surface area contributed by atoms with Gasteiger partial charge in [0.2, 0.25) is 5.91 Å². The number of hydrogen-bond acceptors (Lipinski definition) is 19. The number of nitrogens with one attached hydrogen (secondary N) is 2. The SMILES string of the molecule is NC(=NCCCCc1ccc(-c2ccc(CCC(=O)NCC(CCCC(O)C(O)C(O)C(O)C(O)CO)CCCC(O)C(O)C(O)C(O)C(O)CO)cc2)cc1)NC(=O)c1nc(Cl)c(N)nc1N. The Morgan fingerprint density at radius 2 is 1.07 bits per heavy atom. The normalized spacial score (nSPS) is 16.9. The van der Waals surface area contributed by atoms with Crippen molar-refractivity contribution in [1.82, 2.24) is 20.6 Å². The number of carbonyl (C=O) groups excluding carboxylic acids is 2. The predicted molar refractivity (Wildman–Crippen MR) is 251 cm³/mol. The summed E-state index contributed by atoms with van der Waals surface area (Å²) in [7, 11) is 0. The second-order valence-electron chi connectivity index (χ2n) is 16.8. The first kappa shape index (κ1) is 57.7. The summed E-state index contributed by atoms with van der Waals surface area (Å²) in [5.74, 6) is -1.57. The largest absolute Gasteiger partial charge is 0.394 e. The maximum atomic E-state index is 13.0. The minimum Gasteiger partial charge on any atom is -0.394 e. The van der Waals surface area contributed by atoms with Crippen molar-refractivity contribution in [3.8, 4) is 11.1 Å². The van der Waals surface area contributed by atoms with Crippen molar-refractivity contribution in [2.45, 2.75) is 132 Å². The van der Waals surface area contributed by atoms with Gasteiger partial charge in [0, 0.05) is 19.5 Å². The van der Waals surface area contributed by atoms with Gasteiger partial charge in [0.1, 0.15) is 48.8 Å². The molecule has 1 aromatic heterocycles. The van der Waals surface area contributed by atoms with Crippen LogP contribution in [0.25, 0.3) is 11.1 Å². The van der Waals surface area contributed by atoms with Crippen LogP contribution in [0.2, 0.25) is 5.15 Å². The third kappa shape index (κ3) is 18.7. The highest BCUT2D eigenvalue weighted by atomic mass is 35.5. The molecule has 23 heteroatoms. The number of aliphatic hydroxyl groups excluding tert-OH is 12. The molecule has 20 N–H and O–H groups in total. The van der Waals surface area contributed by atoms with Crippen LogP contribution in [-0.4, -0.2) is 176 Å². The summed E-state index contributed by atoms with van der Waals surface area (Å²) in [6.45, 7) is -1.18. The first-order valence-corrected chi connectivity index (χ1v) is 22.8. The van der Waals surface area contributed by atoms with Crippen LogP contribution >= 0.6 is 11.6 Å². The zero-order chi connectivity index (χ0) is 50.5. The lowest BCUT2D eigenvalue weighted by molar-refractivity contribution is -0.141. The van der Waals surface area contributed by atoms with Gasteiger partial charge in [-0.15, -0.1) is 0 Å². The van der Waals surface area contributed by atoms with Gasteiger partial charge in [-0.3, -0.25) is 19.9 Å². The molecule has 10 unspecified atom stereocenters. The van der Waals surface area contributed by atoms with E-state index in [0.29, 0.717) is 32.2 Å². The Morgan fingerprint density at radius 3 is 1.56 bits per heavy atom. The lowest BCUT2D eigenvalue weighted by atomic mass is 9.90. The van der Waals surface area contributed by atoms with Crippen LogP contribution < -0.4 is 27.8 Å². The van der Waals surface area contributed by atoms with E-state index < -0.39 is 80.2 Å². The number of aromatic nitrogens is 2. The van der Waals surface area contributed by atoms with E-state index in [9.17, 15) is 60.7 Å². The molecule has 68 heavy (non-hydrogen) atoms. The molecule has 0 saturated heterocycles. The Balaban J connectivity index is 1.47. The molecule has 1 heterocycles.